The second kappa shape index (κ2) is 28.4. The highest BCUT2D eigenvalue weighted by molar-refractivity contribution is 7.13. The highest BCUT2D eigenvalue weighted by atomic mass is 32.1. The number of likely N-dealkylation sites (tertiary alicyclic amines) is 2. The van der Waals surface area contributed by atoms with Crippen LogP contribution < -0.4 is 25.6 Å². The molecule has 2 bridgehead atoms. The standard InChI is InChI=1S/C71H85F3N12O8S/c1-6-51-54(72)22-19-45-32-48(87)33-52(59(45)51)61-60(73)62-53(36-75-61)65(85-37-46-20-21-47(38-85)77-46)81-69(79-62)94-50-23-27-82(40-50)26-13-11-9-7-8-10-12-14-57(89)83-28-30-84(31-29-83)58(90)35-55(43-15-17-44(18-16-43)63-42(2)76-41-95-63)78-66(91)56-34-49(88)39-86(56)67(92)64(70(3,4)5)80-68(93)71(74)24-25-71/h1,15-19,22,32-33,36,41,46-47,49-50,55-56,64,77,87-88H,7-14,20-21,23-31,34-35,37-40H2,2-5H3,(H,78,91)(H,80,93)/t46?,47?,49-,50?,55?,56+,64-/m1/s1. The van der Waals surface area contributed by atoms with Crippen molar-refractivity contribution in [3.05, 3.63) is 88.7 Å². The van der Waals surface area contributed by atoms with Crippen molar-refractivity contribution in [1.82, 2.24) is 55.5 Å². The molecule has 7 atom stereocenters. The van der Waals surface area contributed by atoms with Crippen LogP contribution in [0.4, 0.5) is 19.0 Å². The van der Waals surface area contributed by atoms with E-state index in [9.17, 15) is 38.6 Å². The molecule has 24 heteroatoms. The van der Waals surface area contributed by atoms with Crippen molar-refractivity contribution < 1.29 is 52.1 Å². The molecule has 5 aliphatic heterocycles. The normalized spacial score (nSPS) is 21.7. The van der Waals surface area contributed by atoms with Crippen LogP contribution in [-0.4, -0.2) is 187 Å². The summed E-state index contributed by atoms with van der Waals surface area (Å²) in [5.41, 5.74) is 1.32. The summed E-state index contributed by atoms with van der Waals surface area (Å²) in [5.74, 6) is -0.809. The molecule has 3 aromatic carbocycles. The van der Waals surface area contributed by atoms with E-state index < -0.39 is 64.7 Å². The van der Waals surface area contributed by atoms with Gasteiger partial charge in [0.15, 0.2) is 11.5 Å². The number of carbonyl (C=O) groups is 5. The molecule has 6 aliphatic rings. The number of aliphatic hydroxyl groups is 1. The van der Waals surface area contributed by atoms with E-state index in [1.807, 2.05) is 36.1 Å². The number of alkyl halides is 1. The number of carbonyl (C=O) groups excluding carboxylic acids is 5. The van der Waals surface area contributed by atoms with Gasteiger partial charge >= 0.3 is 6.01 Å². The first-order valence-corrected chi connectivity index (χ1v) is 34.5. The number of halogens is 3. The molecule has 5 saturated heterocycles. The number of unbranched alkanes of at least 4 members (excludes halogenated alkanes) is 6. The molecular formula is C71H85F3N12O8S. The molecule has 504 valence electrons. The van der Waals surface area contributed by atoms with Gasteiger partial charge in [-0.3, -0.25) is 33.9 Å². The van der Waals surface area contributed by atoms with Crippen molar-refractivity contribution in [3.8, 4) is 45.8 Å². The first-order valence-electron chi connectivity index (χ1n) is 33.6. The number of nitrogens with one attached hydrogen (secondary N) is 3. The highest BCUT2D eigenvalue weighted by Gasteiger charge is 2.53. The van der Waals surface area contributed by atoms with Crippen LogP contribution in [0.3, 0.4) is 0 Å². The number of hydrogen-bond donors (Lipinski definition) is 5. The summed E-state index contributed by atoms with van der Waals surface area (Å²) in [6.07, 6.45) is 16.2. The average molecular weight is 1320 g/mol. The van der Waals surface area contributed by atoms with Crippen molar-refractivity contribution in [3.63, 3.8) is 0 Å². The summed E-state index contributed by atoms with van der Waals surface area (Å²) >= 11 is 1.51. The summed E-state index contributed by atoms with van der Waals surface area (Å²) in [6, 6.07) is 10.5. The Morgan fingerprint density at radius 2 is 1.55 bits per heavy atom. The Hall–Kier alpha value is -7.98. The van der Waals surface area contributed by atoms with Crippen LogP contribution in [-0.2, 0) is 24.0 Å². The molecule has 5 amide bonds. The Morgan fingerprint density at radius 3 is 2.22 bits per heavy atom. The number of phenolic OH excluding ortho intramolecular Hbond substituents is 1. The molecular weight excluding hydrogens is 1240 g/mol. The number of anilines is 1. The number of nitrogens with zero attached hydrogens (tertiary/aromatic N) is 9. The third kappa shape index (κ3) is 15.0. The van der Waals surface area contributed by atoms with Crippen LogP contribution in [0.1, 0.15) is 140 Å². The van der Waals surface area contributed by atoms with E-state index in [1.165, 1.54) is 40.5 Å². The Kier molecular flexibility index (Phi) is 20.0. The Balaban J connectivity index is 0.590. The zero-order valence-corrected chi connectivity index (χ0v) is 55.3. The van der Waals surface area contributed by atoms with E-state index in [2.05, 4.69) is 46.6 Å². The van der Waals surface area contributed by atoms with Gasteiger partial charge in [0.1, 0.15) is 46.8 Å². The van der Waals surface area contributed by atoms with Gasteiger partial charge in [-0.1, -0.05) is 89.1 Å². The summed E-state index contributed by atoms with van der Waals surface area (Å²) in [5, 5.41) is 32.0. The number of aromatic nitrogens is 4. The van der Waals surface area contributed by atoms with E-state index in [1.54, 1.807) is 37.4 Å². The molecule has 20 nitrogen and oxygen atoms in total. The van der Waals surface area contributed by atoms with E-state index in [0.717, 1.165) is 93.4 Å². The number of ether oxygens (including phenoxy) is 1. The smallest absolute Gasteiger partial charge is 0.319 e. The van der Waals surface area contributed by atoms with Crippen molar-refractivity contribution in [2.75, 3.05) is 70.3 Å². The van der Waals surface area contributed by atoms with E-state index in [0.29, 0.717) is 74.4 Å². The van der Waals surface area contributed by atoms with E-state index >= 15 is 8.78 Å². The third-order valence-corrected chi connectivity index (χ3v) is 20.8. The van der Waals surface area contributed by atoms with Gasteiger partial charge in [0.25, 0.3) is 5.91 Å². The lowest BCUT2D eigenvalue weighted by atomic mass is 9.85. The zero-order chi connectivity index (χ0) is 66.9. The van der Waals surface area contributed by atoms with Crippen LogP contribution in [0.2, 0.25) is 0 Å². The Morgan fingerprint density at radius 1 is 0.853 bits per heavy atom. The summed E-state index contributed by atoms with van der Waals surface area (Å²) < 4.78 is 53.6. The number of piperazine rings is 2. The van der Waals surface area contributed by atoms with Gasteiger partial charge in [0.2, 0.25) is 23.6 Å². The first kappa shape index (κ1) is 67.0. The molecule has 0 spiro atoms. The minimum atomic E-state index is -2.02. The highest BCUT2D eigenvalue weighted by Crippen LogP contribution is 2.42. The Labute approximate surface area is 555 Å². The second-order valence-corrected chi connectivity index (χ2v) is 28.7. The third-order valence-electron chi connectivity index (χ3n) is 19.8. The fourth-order valence-corrected chi connectivity index (χ4v) is 15.1. The number of aryl methyl sites for hydroxylation is 1. The number of aromatic hydroxyl groups is 1. The minimum Gasteiger partial charge on any atom is -0.508 e. The SMILES string of the molecule is C#Cc1c(F)ccc2cc(O)cc(-c3ncc4c(N5CC6CCC(C5)N6)nc(OC5CCN(CCCCCCCCCC(=O)N6CCN(C(=O)CC(NC(=O)[C@@H]7C[C@@H](O)CN7C(=O)[C@@H](NC(=O)C7(F)CC7)C(C)(C)C)c7ccc(-c8scnc8C)cc7)CC6)C5)nc4c3F)c12. The van der Waals surface area contributed by atoms with Gasteiger partial charge in [0, 0.05) is 101 Å². The van der Waals surface area contributed by atoms with Crippen LogP contribution in [0.15, 0.2) is 60.2 Å². The number of pyridine rings is 1. The van der Waals surface area contributed by atoms with Crippen molar-refractivity contribution >= 4 is 68.4 Å². The lowest BCUT2D eigenvalue weighted by molar-refractivity contribution is -0.145. The first-order chi connectivity index (χ1) is 45.6. The average Bonchev–Trinajstić information content (AvgIpc) is 1.40. The lowest BCUT2D eigenvalue weighted by Crippen LogP contribution is -2.59. The molecule has 12 rings (SSSR count). The second-order valence-electron chi connectivity index (χ2n) is 27.8. The molecule has 3 aromatic heterocycles. The van der Waals surface area contributed by atoms with Crippen molar-refractivity contribution in [2.24, 2.45) is 5.41 Å². The number of hydrogen-bond acceptors (Lipinski definition) is 16. The molecule has 8 heterocycles. The number of thiazole rings is 1. The maximum atomic E-state index is 17.1. The number of phenols is 1. The molecule has 0 radical (unpaired) electrons. The monoisotopic (exact) mass is 1320 g/mol. The van der Waals surface area contributed by atoms with E-state index in [-0.39, 0.29) is 102 Å². The van der Waals surface area contributed by atoms with Gasteiger partial charge in [-0.05, 0) is 98.5 Å². The molecule has 5 N–H and O–H groups in total. The number of fused-ring (bicyclic) bond motifs is 4. The number of amides is 5. The number of β-amino-alcohol motifs (C(OH)–C–C–N with tert-alkyl or cyclic N) is 1. The predicted molar refractivity (Wildman–Crippen MR) is 356 cm³/mol. The summed E-state index contributed by atoms with van der Waals surface area (Å²) in [6.45, 7) is 12.2. The fraction of sp³-hybridized carbons (Fsp3) is 0.535. The molecule has 4 unspecified atom stereocenters. The summed E-state index contributed by atoms with van der Waals surface area (Å²) in [4.78, 5) is 98.1. The van der Waals surface area contributed by atoms with E-state index in [4.69, 9.17) is 16.1 Å². The van der Waals surface area contributed by atoms with Gasteiger partial charge < -0.3 is 50.5 Å². The Bertz CT molecular complexity index is 3890. The maximum absolute atomic E-state index is 17.1. The number of benzene rings is 3. The van der Waals surface area contributed by atoms with Gasteiger partial charge in [-0.2, -0.15) is 9.97 Å². The van der Waals surface area contributed by atoms with Crippen LogP contribution in [0.5, 0.6) is 11.8 Å². The van der Waals surface area contributed by atoms with Gasteiger partial charge in [0.05, 0.1) is 45.6 Å². The van der Waals surface area contributed by atoms with Crippen LogP contribution in [0.25, 0.3) is 43.4 Å². The number of aliphatic hydroxyl groups excluding tert-OH is 1. The van der Waals surface area contributed by atoms with Crippen molar-refractivity contribution in [2.45, 2.75) is 172 Å². The molecule has 6 aromatic rings. The number of rotatable bonds is 23. The minimum absolute atomic E-state index is 0.0113. The summed E-state index contributed by atoms with van der Waals surface area (Å²) in [7, 11) is 0. The molecule has 1 saturated carbocycles. The maximum Gasteiger partial charge on any atom is 0.319 e. The lowest BCUT2D eigenvalue weighted by Gasteiger charge is -2.36. The van der Waals surface area contributed by atoms with Gasteiger partial charge in [-0.25, -0.2) is 18.2 Å². The van der Waals surface area contributed by atoms with Crippen LogP contribution in [0, 0.1) is 36.3 Å². The number of terminal acetylenes is 1. The van der Waals surface area contributed by atoms with Gasteiger partial charge in [-0.15, -0.1) is 17.8 Å². The van der Waals surface area contributed by atoms with Crippen LogP contribution >= 0.6 is 11.3 Å². The predicted octanol–water partition coefficient (Wildman–Crippen LogP) is 8.67. The molecule has 95 heavy (non-hydrogen) atoms. The fourth-order valence-electron chi connectivity index (χ4n) is 14.3. The topological polar surface area (TPSA) is 239 Å². The molecule has 6 fully saturated rings. The zero-order valence-electron chi connectivity index (χ0n) is 54.5. The molecule has 1 aliphatic carbocycles. The van der Waals surface area contributed by atoms with Crippen molar-refractivity contribution in [1.29, 1.82) is 0 Å². The largest absolute Gasteiger partial charge is 0.508 e. The quantitative estimate of drug-likeness (QED) is 0.0298.